The summed E-state index contributed by atoms with van der Waals surface area (Å²) in [7, 11) is 0. The number of carbonyl (C=O) groups is 2. The minimum atomic E-state index is -0.593. The number of hydrogen-bond acceptors (Lipinski definition) is 3. The summed E-state index contributed by atoms with van der Waals surface area (Å²) in [5, 5.41) is 3.17. The van der Waals surface area contributed by atoms with Gasteiger partial charge in [0, 0.05) is 16.4 Å². The molecule has 6 N–H and O–H groups in total. The van der Waals surface area contributed by atoms with Crippen molar-refractivity contribution < 1.29 is 9.59 Å². The van der Waals surface area contributed by atoms with Gasteiger partial charge in [-0.2, -0.15) is 0 Å². The van der Waals surface area contributed by atoms with E-state index in [1.54, 1.807) is 0 Å². The summed E-state index contributed by atoms with van der Waals surface area (Å²) < 4.78 is 0. The number of fused-ring (bicyclic) bond motifs is 1. The van der Waals surface area contributed by atoms with Gasteiger partial charge >= 0.3 is 0 Å². The van der Waals surface area contributed by atoms with Crippen LogP contribution < -0.4 is 16.8 Å². The Morgan fingerprint density at radius 2 is 1.92 bits per heavy atom. The van der Waals surface area contributed by atoms with E-state index in [1.165, 1.54) is 0 Å². The first-order valence-electron chi connectivity index (χ1n) is 8.07. The summed E-state index contributed by atoms with van der Waals surface area (Å²) in [5.41, 5.74) is 15.8. The molecule has 4 rings (SSSR count). The van der Waals surface area contributed by atoms with Gasteiger partial charge in [0.2, 0.25) is 6.41 Å². The standard InChI is InChI=1S/C19H18N4O2/c20-17(25)16-14-5-4-12(9-15(14)23-18(16)22-10-24)11-2-1-3-13(8-11)19(21)6-7-19/h1-5,8-10,23H,6-7,21H2,(H2,20,25)(H,22,24). The van der Waals surface area contributed by atoms with E-state index in [1.807, 2.05) is 30.3 Å². The summed E-state index contributed by atoms with van der Waals surface area (Å²) in [6.07, 6.45) is 2.53. The van der Waals surface area contributed by atoms with Crippen LogP contribution in [0.15, 0.2) is 42.5 Å². The molecule has 2 aromatic carbocycles. The average molecular weight is 334 g/mol. The number of nitrogens with two attached hydrogens (primary N) is 2. The second-order valence-corrected chi connectivity index (χ2v) is 6.50. The quantitative estimate of drug-likeness (QED) is 0.537. The zero-order valence-corrected chi connectivity index (χ0v) is 13.5. The van der Waals surface area contributed by atoms with Crippen molar-refractivity contribution in [3.8, 4) is 11.1 Å². The number of aromatic amines is 1. The first-order valence-corrected chi connectivity index (χ1v) is 8.07. The van der Waals surface area contributed by atoms with Gasteiger partial charge in [-0.1, -0.05) is 30.3 Å². The fourth-order valence-electron chi connectivity index (χ4n) is 3.23. The van der Waals surface area contributed by atoms with Gasteiger partial charge in [0.05, 0.1) is 5.56 Å². The minimum Gasteiger partial charge on any atom is -0.365 e. The van der Waals surface area contributed by atoms with Gasteiger partial charge in [-0.25, -0.2) is 0 Å². The van der Waals surface area contributed by atoms with Crippen LogP contribution in [0.2, 0.25) is 0 Å². The molecular weight excluding hydrogens is 316 g/mol. The van der Waals surface area contributed by atoms with E-state index in [9.17, 15) is 9.59 Å². The number of benzene rings is 2. The third-order valence-electron chi connectivity index (χ3n) is 4.81. The molecule has 6 nitrogen and oxygen atoms in total. The number of aromatic nitrogens is 1. The van der Waals surface area contributed by atoms with Crippen LogP contribution >= 0.6 is 0 Å². The number of carbonyl (C=O) groups excluding carboxylic acids is 2. The third-order valence-corrected chi connectivity index (χ3v) is 4.81. The van der Waals surface area contributed by atoms with Gasteiger partial charge in [-0.3, -0.25) is 9.59 Å². The zero-order chi connectivity index (χ0) is 17.6. The molecule has 25 heavy (non-hydrogen) atoms. The third kappa shape index (κ3) is 2.56. The molecule has 0 spiro atoms. The molecule has 0 saturated heterocycles. The van der Waals surface area contributed by atoms with Crippen LogP contribution in [0, 0.1) is 0 Å². The molecule has 0 radical (unpaired) electrons. The van der Waals surface area contributed by atoms with E-state index < -0.39 is 5.91 Å². The molecule has 6 heteroatoms. The minimum absolute atomic E-state index is 0.188. The van der Waals surface area contributed by atoms with Crippen LogP contribution in [-0.4, -0.2) is 17.3 Å². The molecule has 0 bridgehead atoms. The smallest absolute Gasteiger partial charge is 0.253 e. The maximum Gasteiger partial charge on any atom is 0.253 e. The van der Waals surface area contributed by atoms with Crippen molar-refractivity contribution in [1.82, 2.24) is 4.98 Å². The molecule has 0 atom stereocenters. The van der Waals surface area contributed by atoms with E-state index in [0.29, 0.717) is 17.6 Å². The van der Waals surface area contributed by atoms with Crippen molar-refractivity contribution in [2.75, 3.05) is 5.32 Å². The van der Waals surface area contributed by atoms with Crippen molar-refractivity contribution in [3.05, 3.63) is 53.6 Å². The number of H-pyrrole nitrogens is 1. The SMILES string of the molecule is NC(=O)c1c(NC=O)[nH]c2cc(-c3cccc(C4(N)CC4)c3)ccc12. The molecule has 1 saturated carbocycles. The van der Waals surface area contributed by atoms with Crippen LogP contribution in [0.5, 0.6) is 0 Å². The molecule has 1 aromatic heterocycles. The Labute approximate surface area is 144 Å². The van der Waals surface area contributed by atoms with Gasteiger partial charge in [0.1, 0.15) is 5.82 Å². The second-order valence-electron chi connectivity index (χ2n) is 6.50. The van der Waals surface area contributed by atoms with Crippen molar-refractivity contribution in [3.63, 3.8) is 0 Å². The van der Waals surface area contributed by atoms with Crippen molar-refractivity contribution >= 4 is 29.0 Å². The lowest BCUT2D eigenvalue weighted by Crippen LogP contribution is -2.18. The van der Waals surface area contributed by atoms with Gasteiger partial charge < -0.3 is 21.8 Å². The van der Waals surface area contributed by atoms with E-state index in [-0.39, 0.29) is 11.1 Å². The fraction of sp³-hybridized carbons (Fsp3) is 0.158. The number of amides is 2. The Bertz CT molecular complexity index is 1000. The van der Waals surface area contributed by atoms with Crippen LogP contribution in [0.25, 0.3) is 22.0 Å². The number of hydrogen-bond donors (Lipinski definition) is 4. The van der Waals surface area contributed by atoms with E-state index in [4.69, 9.17) is 11.5 Å². The van der Waals surface area contributed by atoms with Crippen molar-refractivity contribution in [2.45, 2.75) is 18.4 Å². The first kappa shape index (κ1) is 15.4. The predicted octanol–water partition coefficient (Wildman–Crippen LogP) is 2.45. The van der Waals surface area contributed by atoms with Gasteiger partial charge in [-0.05, 0) is 41.7 Å². The maximum absolute atomic E-state index is 11.7. The molecule has 0 unspecified atom stereocenters. The lowest BCUT2D eigenvalue weighted by Gasteiger charge is -2.11. The highest BCUT2D eigenvalue weighted by atomic mass is 16.1. The summed E-state index contributed by atoms with van der Waals surface area (Å²) >= 11 is 0. The van der Waals surface area contributed by atoms with E-state index >= 15 is 0 Å². The van der Waals surface area contributed by atoms with Crippen LogP contribution in [0.1, 0.15) is 28.8 Å². The van der Waals surface area contributed by atoms with Crippen LogP contribution in [-0.2, 0) is 10.3 Å². The molecule has 126 valence electrons. The van der Waals surface area contributed by atoms with Gasteiger partial charge in [0.15, 0.2) is 0 Å². The topological polar surface area (TPSA) is 114 Å². The van der Waals surface area contributed by atoms with Crippen molar-refractivity contribution in [2.24, 2.45) is 11.5 Å². The predicted molar refractivity (Wildman–Crippen MR) is 97.0 cm³/mol. The Morgan fingerprint density at radius 1 is 1.16 bits per heavy atom. The highest BCUT2D eigenvalue weighted by Gasteiger charge is 2.39. The lowest BCUT2D eigenvalue weighted by molar-refractivity contribution is -0.105. The molecule has 1 aliphatic carbocycles. The fourth-order valence-corrected chi connectivity index (χ4v) is 3.23. The van der Waals surface area contributed by atoms with Crippen molar-refractivity contribution in [1.29, 1.82) is 0 Å². The Kier molecular flexibility index (Phi) is 3.36. The molecule has 2 amide bonds. The Morgan fingerprint density at radius 3 is 2.60 bits per heavy atom. The normalized spacial score (nSPS) is 15.1. The molecular formula is C19H18N4O2. The lowest BCUT2D eigenvalue weighted by atomic mass is 9.97. The Hall–Kier alpha value is -3.12. The summed E-state index contributed by atoms with van der Waals surface area (Å²) in [5.74, 6) is -0.286. The summed E-state index contributed by atoms with van der Waals surface area (Å²) in [4.78, 5) is 25.5. The van der Waals surface area contributed by atoms with Crippen LogP contribution in [0.4, 0.5) is 5.82 Å². The number of anilines is 1. The molecule has 3 aromatic rings. The zero-order valence-electron chi connectivity index (χ0n) is 13.5. The number of rotatable bonds is 5. The van der Waals surface area contributed by atoms with E-state index in [0.717, 1.165) is 35.0 Å². The highest BCUT2D eigenvalue weighted by molar-refractivity contribution is 6.12. The summed E-state index contributed by atoms with van der Waals surface area (Å²) in [6.45, 7) is 0. The number of primary amides is 1. The Balaban J connectivity index is 1.82. The maximum atomic E-state index is 11.7. The van der Waals surface area contributed by atoms with E-state index in [2.05, 4.69) is 22.4 Å². The monoisotopic (exact) mass is 334 g/mol. The summed E-state index contributed by atoms with van der Waals surface area (Å²) in [6, 6.07) is 13.9. The molecule has 1 aliphatic rings. The highest BCUT2D eigenvalue weighted by Crippen LogP contribution is 2.43. The van der Waals surface area contributed by atoms with Crippen LogP contribution in [0.3, 0.4) is 0 Å². The molecule has 0 aliphatic heterocycles. The average Bonchev–Trinajstić information content (AvgIpc) is 3.25. The molecule has 1 fully saturated rings. The van der Waals surface area contributed by atoms with Gasteiger partial charge in [0.25, 0.3) is 5.91 Å². The van der Waals surface area contributed by atoms with Gasteiger partial charge in [-0.15, -0.1) is 0 Å². The number of nitrogens with one attached hydrogen (secondary N) is 2. The first-order chi connectivity index (χ1) is 12.0. The largest absolute Gasteiger partial charge is 0.365 e. The molecule has 1 heterocycles. The second kappa shape index (κ2) is 5.46.